The third-order valence-electron chi connectivity index (χ3n) is 7.29. The van der Waals surface area contributed by atoms with Crippen molar-refractivity contribution in [2.75, 3.05) is 32.1 Å². The number of hydrogen-bond donors (Lipinski definition) is 0. The zero-order valence-electron chi connectivity index (χ0n) is 25.7. The molecule has 1 saturated heterocycles. The highest BCUT2D eigenvalue weighted by Crippen LogP contribution is 2.31. The molecule has 4 rings (SSSR count). The molecule has 1 aliphatic carbocycles. The van der Waals surface area contributed by atoms with E-state index in [4.69, 9.17) is 0 Å². The lowest BCUT2D eigenvalue weighted by Gasteiger charge is -2.36. The Morgan fingerprint density at radius 2 is 1.38 bits per heavy atom. The van der Waals surface area contributed by atoms with E-state index in [2.05, 4.69) is 98.8 Å². The first-order chi connectivity index (χ1) is 20.2. The molecule has 0 aromatic heterocycles. The first-order valence-corrected chi connectivity index (χ1v) is 14.6. The molecule has 0 radical (unpaired) electrons. The molecule has 2 aliphatic rings. The number of fused-ring (bicyclic) bond motifs is 1. The zero-order chi connectivity index (χ0) is 30.3. The molecule has 1 fully saturated rings. The summed E-state index contributed by atoms with van der Waals surface area (Å²) >= 11 is 0. The van der Waals surface area contributed by atoms with Crippen LogP contribution >= 0.6 is 0 Å². The highest BCUT2D eigenvalue weighted by Gasteiger charge is 2.23. The van der Waals surface area contributed by atoms with Crippen molar-refractivity contribution in [3.8, 4) is 0 Å². The van der Waals surface area contributed by atoms with Crippen molar-refractivity contribution in [3.63, 3.8) is 0 Å². The predicted molar refractivity (Wildman–Crippen MR) is 186 cm³/mol. The van der Waals surface area contributed by atoms with Gasteiger partial charge < -0.3 is 9.80 Å². The third kappa shape index (κ3) is 11.1. The zero-order valence-corrected chi connectivity index (χ0v) is 25.7. The molecule has 0 spiro atoms. The summed E-state index contributed by atoms with van der Waals surface area (Å²) in [7, 11) is 3.93. The Morgan fingerprint density at radius 3 is 1.95 bits per heavy atom. The summed E-state index contributed by atoms with van der Waals surface area (Å²) < 4.78 is 0. The minimum absolute atomic E-state index is 0.744. The van der Waals surface area contributed by atoms with Gasteiger partial charge in [0.05, 0.1) is 0 Å². The van der Waals surface area contributed by atoms with E-state index >= 15 is 0 Å². The van der Waals surface area contributed by atoms with Crippen LogP contribution in [0, 0.1) is 12.8 Å². The summed E-state index contributed by atoms with van der Waals surface area (Å²) in [6, 6.07) is 19.1. The van der Waals surface area contributed by atoms with E-state index in [9.17, 15) is 0 Å². The van der Waals surface area contributed by atoms with E-state index in [0.717, 1.165) is 41.4 Å². The monoisotopic (exact) mass is 554 g/mol. The fourth-order valence-electron chi connectivity index (χ4n) is 4.52. The Bertz CT molecular complexity index is 1410. The van der Waals surface area contributed by atoms with Crippen LogP contribution in [0.15, 0.2) is 170 Å². The summed E-state index contributed by atoms with van der Waals surface area (Å²) in [6.07, 6.45) is 25.1. The second-order valence-electron chi connectivity index (χ2n) is 11.0. The molecule has 2 heteroatoms. The van der Waals surface area contributed by atoms with Crippen molar-refractivity contribution in [1.82, 2.24) is 4.90 Å². The summed E-state index contributed by atoms with van der Waals surface area (Å²) in [5.74, 6) is 0.744. The van der Waals surface area contributed by atoms with Gasteiger partial charge in [-0.2, -0.15) is 0 Å². The Kier molecular flexibility index (Phi) is 12.7. The molecule has 2 nitrogen and oxygen atoms in total. The van der Waals surface area contributed by atoms with Crippen molar-refractivity contribution in [2.24, 2.45) is 5.92 Å². The molecule has 1 unspecified atom stereocenters. The van der Waals surface area contributed by atoms with Gasteiger partial charge in [0, 0.05) is 38.6 Å². The number of rotatable bonds is 10. The Morgan fingerprint density at radius 1 is 0.786 bits per heavy atom. The number of aryl methyl sites for hydroxylation is 1. The molecule has 0 saturated carbocycles. The molecule has 2 aromatic carbocycles. The number of allylic oxidation sites excluding steroid dienone is 13. The standard InChI is InChI=1S/C33H38N2.C7H8/c1-26(11-13-27(2)15-17-29(4)34(5)6)12-14-28(3)16-18-30-19-21-33(22-20-30)35-24-23-31-9-7-8-10-32(31)25-35;1-7-5-3-2-4-6-7/h7-8,10-22,31H,1-4,9,23-25H2,5-6H3;2-6H,1H3/b13-11?,14-12-,17-15-,18-16?;. The highest BCUT2D eigenvalue weighted by atomic mass is 15.1. The molecule has 216 valence electrons. The molecule has 0 amide bonds. The van der Waals surface area contributed by atoms with Crippen LogP contribution in [0.25, 0.3) is 6.08 Å². The molecule has 1 aliphatic heterocycles. The van der Waals surface area contributed by atoms with Crippen LogP contribution in [-0.4, -0.2) is 32.1 Å². The average molecular weight is 555 g/mol. The van der Waals surface area contributed by atoms with E-state index in [0.29, 0.717) is 0 Å². The van der Waals surface area contributed by atoms with Crippen LogP contribution in [0.2, 0.25) is 0 Å². The maximum absolute atomic E-state index is 4.13. The van der Waals surface area contributed by atoms with Crippen molar-refractivity contribution in [1.29, 1.82) is 0 Å². The molecule has 2 aromatic rings. The second kappa shape index (κ2) is 16.6. The van der Waals surface area contributed by atoms with Gasteiger partial charge in [-0.1, -0.05) is 135 Å². The fourth-order valence-corrected chi connectivity index (χ4v) is 4.52. The number of nitrogens with zero attached hydrogens (tertiary/aromatic N) is 2. The first-order valence-electron chi connectivity index (χ1n) is 14.6. The van der Waals surface area contributed by atoms with E-state index < -0.39 is 0 Å². The number of likely N-dealkylation sites (N-methyl/N-ethyl adjacent to an activating group) is 1. The second-order valence-corrected chi connectivity index (χ2v) is 11.0. The van der Waals surface area contributed by atoms with Gasteiger partial charge in [-0.15, -0.1) is 0 Å². The lowest BCUT2D eigenvalue weighted by Crippen LogP contribution is -2.35. The summed E-state index contributed by atoms with van der Waals surface area (Å²) in [6.45, 7) is 20.5. The fraction of sp³-hybridized carbons (Fsp3) is 0.200. The maximum atomic E-state index is 4.13. The number of hydrogen-bond acceptors (Lipinski definition) is 2. The summed E-state index contributed by atoms with van der Waals surface area (Å²) in [5, 5.41) is 0. The van der Waals surface area contributed by atoms with Gasteiger partial charge in [-0.05, 0) is 71.7 Å². The highest BCUT2D eigenvalue weighted by molar-refractivity contribution is 5.59. The minimum atomic E-state index is 0.744. The Labute approximate surface area is 254 Å². The van der Waals surface area contributed by atoms with E-state index in [1.807, 2.05) is 79.7 Å². The van der Waals surface area contributed by atoms with Gasteiger partial charge in [0.15, 0.2) is 0 Å². The van der Waals surface area contributed by atoms with Crippen molar-refractivity contribution >= 4 is 11.8 Å². The van der Waals surface area contributed by atoms with Gasteiger partial charge in [0.1, 0.15) is 0 Å². The normalized spacial score (nSPS) is 16.3. The lowest BCUT2D eigenvalue weighted by molar-refractivity contribution is 0.502. The van der Waals surface area contributed by atoms with Crippen LogP contribution in [-0.2, 0) is 0 Å². The van der Waals surface area contributed by atoms with E-state index in [1.54, 1.807) is 5.57 Å². The van der Waals surface area contributed by atoms with Gasteiger partial charge in [-0.3, -0.25) is 0 Å². The van der Waals surface area contributed by atoms with E-state index in [-0.39, 0.29) is 0 Å². The van der Waals surface area contributed by atoms with Crippen molar-refractivity contribution < 1.29 is 0 Å². The Hall–Kier alpha value is -4.56. The Balaban J connectivity index is 0.000000603. The summed E-state index contributed by atoms with van der Waals surface area (Å²) in [4.78, 5) is 4.44. The molecule has 1 atom stereocenters. The van der Waals surface area contributed by atoms with Gasteiger partial charge in [-0.25, -0.2) is 0 Å². The van der Waals surface area contributed by atoms with E-state index in [1.165, 1.54) is 29.7 Å². The smallest absolute Gasteiger partial charge is 0.0394 e. The van der Waals surface area contributed by atoms with Crippen LogP contribution in [0.3, 0.4) is 0 Å². The summed E-state index contributed by atoms with van der Waals surface area (Å²) in [5.41, 5.74) is 8.97. The third-order valence-corrected chi connectivity index (χ3v) is 7.29. The lowest BCUT2D eigenvalue weighted by atomic mass is 9.85. The minimum Gasteiger partial charge on any atom is -0.378 e. The van der Waals surface area contributed by atoms with Crippen molar-refractivity contribution in [2.45, 2.75) is 19.8 Å². The van der Waals surface area contributed by atoms with Gasteiger partial charge in [0.25, 0.3) is 0 Å². The quantitative estimate of drug-likeness (QED) is 0.270. The number of anilines is 1. The number of piperidine rings is 1. The van der Waals surface area contributed by atoms with Gasteiger partial charge >= 0.3 is 0 Å². The molecule has 0 bridgehead atoms. The SMILES string of the molecule is C=C(C=CC(=C)/C=C\C(=C)N(C)C)/C=C\C(=C)C=Cc1ccc(N2CCC3CC=CC=C3C2)cc1.Cc1ccccc1. The van der Waals surface area contributed by atoms with Crippen LogP contribution in [0.4, 0.5) is 5.69 Å². The topological polar surface area (TPSA) is 6.48 Å². The van der Waals surface area contributed by atoms with Crippen LogP contribution in [0.5, 0.6) is 0 Å². The van der Waals surface area contributed by atoms with Crippen LogP contribution < -0.4 is 4.90 Å². The number of benzene rings is 2. The first kappa shape index (κ1) is 32.0. The van der Waals surface area contributed by atoms with Crippen LogP contribution in [0.1, 0.15) is 24.0 Å². The maximum Gasteiger partial charge on any atom is 0.0394 e. The largest absolute Gasteiger partial charge is 0.378 e. The predicted octanol–water partition coefficient (Wildman–Crippen LogP) is 9.82. The van der Waals surface area contributed by atoms with Crippen molar-refractivity contribution in [3.05, 3.63) is 181 Å². The molecular formula is C40H46N2. The molecule has 42 heavy (non-hydrogen) atoms. The van der Waals surface area contributed by atoms with Gasteiger partial charge in [0.2, 0.25) is 0 Å². The molecule has 0 N–H and O–H groups in total. The molecule has 1 heterocycles. The molecular weight excluding hydrogens is 508 g/mol. The average Bonchev–Trinajstić information content (AvgIpc) is 3.01.